The second kappa shape index (κ2) is 5.61. The number of aryl methyl sites for hydroxylation is 1. The van der Waals surface area contributed by atoms with Crippen molar-refractivity contribution >= 4 is 11.3 Å². The van der Waals surface area contributed by atoms with E-state index in [1.807, 2.05) is 10.3 Å². The minimum atomic E-state index is -0.634. The number of aliphatic hydroxyl groups is 2. The topological polar surface area (TPSA) is 56.6 Å². The van der Waals surface area contributed by atoms with Gasteiger partial charge in [-0.3, -0.25) is 4.90 Å². The maximum atomic E-state index is 9.55. The Morgan fingerprint density at radius 3 is 2.50 bits per heavy atom. The summed E-state index contributed by atoms with van der Waals surface area (Å²) in [6, 6.07) is 8.34. The second-order valence-corrected chi connectivity index (χ2v) is 6.20. The standard InChI is InChI=1S/C15H18N2O2S/c1-10-2-4-11(5-3-10)15-16-12(9-20-15)6-17-7-13(18)14(19)8-17/h2-5,9,13-14,18-19H,6-8H2,1H3. The van der Waals surface area contributed by atoms with E-state index in [4.69, 9.17) is 0 Å². The smallest absolute Gasteiger partial charge is 0.123 e. The van der Waals surface area contributed by atoms with Crippen molar-refractivity contribution in [2.45, 2.75) is 25.7 Å². The molecule has 0 spiro atoms. The Bertz CT molecular complexity index is 572. The highest BCUT2D eigenvalue weighted by Gasteiger charge is 2.29. The second-order valence-electron chi connectivity index (χ2n) is 5.34. The van der Waals surface area contributed by atoms with Gasteiger partial charge in [0.05, 0.1) is 17.9 Å². The van der Waals surface area contributed by atoms with Crippen LogP contribution in [0.1, 0.15) is 11.3 Å². The Morgan fingerprint density at radius 2 is 1.85 bits per heavy atom. The van der Waals surface area contributed by atoms with Crippen molar-refractivity contribution in [3.05, 3.63) is 40.9 Å². The van der Waals surface area contributed by atoms with Gasteiger partial charge in [-0.15, -0.1) is 11.3 Å². The van der Waals surface area contributed by atoms with E-state index in [-0.39, 0.29) is 0 Å². The summed E-state index contributed by atoms with van der Waals surface area (Å²) in [5.41, 5.74) is 3.37. The van der Waals surface area contributed by atoms with Crippen LogP contribution in [0.25, 0.3) is 10.6 Å². The average Bonchev–Trinajstić information content (AvgIpc) is 2.99. The molecule has 1 aliphatic heterocycles. The number of β-amino-alcohol motifs (C(OH)–C–C–N with tert-alkyl or cyclic N) is 2. The molecule has 1 aromatic carbocycles. The first-order valence-corrected chi connectivity index (χ1v) is 7.60. The van der Waals surface area contributed by atoms with Gasteiger partial charge in [0.2, 0.25) is 0 Å². The summed E-state index contributed by atoms with van der Waals surface area (Å²) < 4.78 is 0. The molecule has 5 heteroatoms. The fourth-order valence-corrected chi connectivity index (χ4v) is 3.23. The van der Waals surface area contributed by atoms with Crippen LogP contribution in [0.15, 0.2) is 29.6 Å². The van der Waals surface area contributed by atoms with Crippen molar-refractivity contribution in [3.63, 3.8) is 0 Å². The van der Waals surface area contributed by atoms with Crippen LogP contribution < -0.4 is 0 Å². The number of hydrogen-bond donors (Lipinski definition) is 2. The monoisotopic (exact) mass is 290 g/mol. The van der Waals surface area contributed by atoms with Gasteiger partial charge in [0.15, 0.2) is 0 Å². The van der Waals surface area contributed by atoms with Gasteiger partial charge in [0, 0.05) is 30.6 Å². The van der Waals surface area contributed by atoms with E-state index in [1.54, 1.807) is 11.3 Å². The maximum absolute atomic E-state index is 9.55. The number of rotatable bonds is 3. The minimum absolute atomic E-state index is 0.512. The molecule has 2 atom stereocenters. The van der Waals surface area contributed by atoms with Crippen LogP contribution in [0.5, 0.6) is 0 Å². The Hall–Kier alpha value is -1.27. The van der Waals surface area contributed by atoms with E-state index in [9.17, 15) is 10.2 Å². The third-order valence-corrected chi connectivity index (χ3v) is 4.51. The summed E-state index contributed by atoms with van der Waals surface area (Å²) in [6.45, 7) is 3.77. The molecule has 1 aromatic heterocycles. The SMILES string of the molecule is Cc1ccc(-c2nc(CN3CC(O)C(O)C3)cs2)cc1. The fourth-order valence-electron chi connectivity index (χ4n) is 2.41. The third kappa shape index (κ3) is 2.91. The van der Waals surface area contributed by atoms with Crippen molar-refractivity contribution in [1.29, 1.82) is 0 Å². The van der Waals surface area contributed by atoms with Crippen LogP contribution in [-0.4, -0.2) is 45.4 Å². The summed E-state index contributed by atoms with van der Waals surface area (Å²) in [4.78, 5) is 6.67. The van der Waals surface area contributed by atoms with E-state index in [0.29, 0.717) is 19.6 Å². The summed E-state index contributed by atoms with van der Waals surface area (Å²) in [6.07, 6.45) is -1.27. The first-order valence-electron chi connectivity index (χ1n) is 6.72. The summed E-state index contributed by atoms with van der Waals surface area (Å²) in [5, 5.41) is 22.2. The number of aliphatic hydroxyl groups excluding tert-OH is 2. The Balaban J connectivity index is 1.69. The van der Waals surface area contributed by atoms with Crippen LogP contribution in [0, 0.1) is 6.92 Å². The molecule has 0 saturated carbocycles. The molecule has 2 N–H and O–H groups in total. The predicted molar refractivity (Wildman–Crippen MR) is 79.6 cm³/mol. The third-order valence-electron chi connectivity index (χ3n) is 3.57. The number of nitrogens with zero attached hydrogens (tertiary/aromatic N) is 2. The predicted octanol–water partition coefficient (Wildman–Crippen LogP) is 1.66. The molecule has 2 unspecified atom stereocenters. The van der Waals surface area contributed by atoms with Crippen molar-refractivity contribution in [1.82, 2.24) is 9.88 Å². The quantitative estimate of drug-likeness (QED) is 0.902. The zero-order valence-electron chi connectivity index (χ0n) is 11.4. The molecule has 3 rings (SSSR count). The number of benzene rings is 1. The number of thiazole rings is 1. The molecule has 1 aliphatic rings. The molecule has 2 aromatic rings. The summed E-state index contributed by atoms with van der Waals surface area (Å²) in [5.74, 6) is 0. The van der Waals surface area contributed by atoms with Crippen LogP contribution >= 0.6 is 11.3 Å². The number of likely N-dealkylation sites (tertiary alicyclic amines) is 1. The molecule has 4 nitrogen and oxygen atoms in total. The molecule has 106 valence electrons. The van der Waals surface area contributed by atoms with Crippen molar-refractivity contribution in [2.24, 2.45) is 0 Å². The van der Waals surface area contributed by atoms with Gasteiger partial charge < -0.3 is 10.2 Å². The normalized spacial score (nSPS) is 23.4. The highest BCUT2D eigenvalue weighted by molar-refractivity contribution is 7.13. The highest BCUT2D eigenvalue weighted by Crippen LogP contribution is 2.25. The molecular formula is C15H18N2O2S. The summed E-state index contributed by atoms with van der Waals surface area (Å²) in [7, 11) is 0. The Labute approximate surface area is 122 Å². The number of aromatic nitrogens is 1. The Morgan fingerprint density at radius 1 is 1.20 bits per heavy atom. The minimum Gasteiger partial charge on any atom is -0.389 e. The number of hydrogen-bond acceptors (Lipinski definition) is 5. The highest BCUT2D eigenvalue weighted by atomic mass is 32.1. The molecule has 0 bridgehead atoms. The van der Waals surface area contributed by atoms with Gasteiger partial charge in [0.25, 0.3) is 0 Å². The first kappa shape index (κ1) is 13.7. The summed E-state index contributed by atoms with van der Waals surface area (Å²) >= 11 is 1.63. The zero-order valence-corrected chi connectivity index (χ0v) is 12.2. The van der Waals surface area contributed by atoms with Crippen LogP contribution in [0.4, 0.5) is 0 Å². The molecule has 1 fully saturated rings. The van der Waals surface area contributed by atoms with E-state index in [1.165, 1.54) is 5.56 Å². The van der Waals surface area contributed by atoms with Gasteiger partial charge in [-0.05, 0) is 6.92 Å². The molecular weight excluding hydrogens is 272 g/mol. The maximum Gasteiger partial charge on any atom is 0.123 e. The van der Waals surface area contributed by atoms with Crippen LogP contribution in [0.2, 0.25) is 0 Å². The lowest BCUT2D eigenvalue weighted by atomic mass is 10.2. The lowest BCUT2D eigenvalue weighted by molar-refractivity contribution is 0.0572. The zero-order chi connectivity index (χ0) is 14.1. The lowest BCUT2D eigenvalue weighted by Crippen LogP contribution is -2.22. The van der Waals surface area contributed by atoms with Gasteiger partial charge in [-0.25, -0.2) is 4.98 Å². The van der Waals surface area contributed by atoms with Crippen LogP contribution in [-0.2, 0) is 6.54 Å². The van der Waals surface area contributed by atoms with Crippen molar-refractivity contribution in [2.75, 3.05) is 13.1 Å². The van der Waals surface area contributed by atoms with Crippen LogP contribution in [0.3, 0.4) is 0 Å². The van der Waals surface area contributed by atoms with Gasteiger partial charge >= 0.3 is 0 Å². The first-order chi connectivity index (χ1) is 9.61. The molecule has 1 saturated heterocycles. The van der Waals surface area contributed by atoms with E-state index in [0.717, 1.165) is 16.3 Å². The molecule has 0 amide bonds. The van der Waals surface area contributed by atoms with Gasteiger partial charge in [-0.1, -0.05) is 29.8 Å². The van der Waals surface area contributed by atoms with Gasteiger partial charge in [0.1, 0.15) is 5.01 Å². The lowest BCUT2D eigenvalue weighted by Gasteiger charge is -2.12. The van der Waals surface area contributed by atoms with Crippen molar-refractivity contribution < 1.29 is 10.2 Å². The van der Waals surface area contributed by atoms with E-state index < -0.39 is 12.2 Å². The largest absolute Gasteiger partial charge is 0.389 e. The average molecular weight is 290 g/mol. The van der Waals surface area contributed by atoms with E-state index in [2.05, 4.69) is 36.2 Å². The molecule has 2 heterocycles. The molecule has 20 heavy (non-hydrogen) atoms. The Kier molecular flexibility index (Phi) is 3.85. The molecule has 0 aliphatic carbocycles. The van der Waals surface area contributed by atoms with Crippen molar-refractivity contribution in [3.8, 4) is 10.6 Å². The fraction of sp³-hybridized carbons (Fsp3) is 0.400. The van der Waals surface area contributed by atoms with Gasteiger partial charge in [-0.2, -0.15) is 0 Å². The van der Waals surface area contributed by atoms with E-state index >= 15 is 0 Å². The molecule has 0 radical (unpaired) electrons.